The normalized spacial score (nSPS) is 10.6. The molecule has 0 atom stereocenters. The van der Waals surface area contributed by atoms with Crippen LogP contribution in [0.1, 0.15) is 16.8 Å². The summed E-state index contributed by atoms with van der Waals surface area (Å²) in [7, 11) is 5.65. The van der Waals surface area contributed by atoms with E-state index >= 15 is 0 Å². The van der Waals surface area contributed by atoms with Gasteiger partial charge in [0.15, 0.2) is 6.29 Å². The third-order valence-corrected chi connectivity index (χ3v) is 3.70. The fourth-order valence-corrected chi connectivity index (χ4v) is 2.62. The predicted molar refractivity (Wildman–Crippen MR) is 88.6 cm³/mol. The molecule has 4 nitrogen and oxygen atoms in total. The number of benzene rings is 2. The Bertz CT molecular complexity index is 625. The molecule has 1 N–H and O–H groups in total. The van der Waals surface area contributed by atoms with Crippen LogP contribution in [0.2, 0.25) is 0 Å². The molecule has 112 valence electrons. The Labute approximate surface area is 125 Å². The van der Waals surface area contributed by atoms with Gasteiger partial charge in [-0.15, -0.1) is 0 Å². The molecule has 0 aliphatic rings. The summed E-state index contributed by atoms with van der Waals surface area (Å²) in [5, 5.41) is 5.25. The number of carbonyl (C=O) groups is 1. The Hall–Kier alpha value is -2.07. The van der Waals surface area contributed by atoms with Gasteiger partial charge < -0.3 is 15.0 Å². The minimum Gasteiger partial charge on any atom is -0.388 e. The highest BCUT2D eigenvalue weighted by molar-refractivity contribution is 6.10. The molecule has 0 saturated carbocycles. The molecule has 0 aliphatic carbocycles. The van der Waals surface area contributed by atoms with Gasteiger partial charge in [0.25, 0.3) is 0 Å². The molecule has 2 aromatic rings. The molecule has 0 radical (unpaired) electrons. The molecule has 0 bridgehead atoms. The smallest absolute Gasteiger partial charge is 0.150 e. The van der Waals surface area contributed by atoms with Gasteiger partial charge in [-0.2, -0.15) is 0 Å². The van der Waals surface area contributed by atoms with Crippen LogP contribution in [-0.4, -0.2) is 40.6 Å². The van der Waals surface area contributed by atoms with Gasteiger partial charge in [0, 0.05) is 62.1 Å². The van der Waals surface area contributed by atoms with Crippen LogP contribution in [-0.2, 0) is 4.74 Å². The van der Waals surface area contributed by atoms with E-state index in [9.17, 15) is 4.79 Å². The number of fused-ring (bicyclic) bond motifs is 1. The molecule has 0 aliphatic heterocycles. The third-order valence-electron chi connectivity index (χ3n) is 3.70. The topological polar surface area (TPSA) is 41.6 Å². The van der Waals surface area contributed by atoms with E-state index < -0.39 is 0 Å². The van der Waals surface area contributed by atoms with Gasteiger partial charge in [-0.3, -0.25) is 4.79 Å². The summed E-state index contributed by atoms with van der Waals surface area (Å²) in [5.74, 6) is 0. The molecule has 0 heterocycles. The number of methoxy groups -OCH3 is 1. The molecule has 0 unspecified atom stereocenters. The van der Waals surface area contributed by atoms with Crippen LogP contribution in [0, 0.1) is 0 Å². The van der Waals surface area contributed by atoms with Crippen molar-refractivity contribution in [1.82, 2.24) is 0 Å². The summed E-state index contributed by atoms with van der Waals surface area (Å²) in [6, 6.07) is 9.94. The molecular formula is C17H22N2O2. The zero-order valence-corrected chi connectivity index (χ0v) is 12.8. The molecule has 0 aromatic heterocycles. The van der Waals surface area contributed by atoms with Gasteiger partial charge in [-0.25, -0.2) is 0 Å². The number of anilines is 2. The Morgan fingerprint density at radius 2 is 2.10 bits per heavy atom. The molecule has 2 rings (SSSR count). The van der Waals surface area contributed by atoms with E-state index in [1.807, 2.05) is 32.3 Å². The van der Waals surface area contributed by atoms with E-state index in [1.165, 1.54) is 0 Å². The second-order valence-corrected chi connectivity index (χ2v) is 5.04. The van der Waals surface area contributed by atoms with Crippen molar-refractivity contribution >= 4 is 28.4 Å². The third kappa shape index (κ3) is 3.16. The van der Waals surface area contributed by atoms with Crippen molar-refractivity contribution in [2.75, 3.05) is 44.6 Å². The summed E-state index contributed by atoms with van der Waals surface area (Å²) in [6.07, 6.45) is 1.87. The monoisotopic (exact) mass is 286 g/mol. The van der Waals surface area contributed by atoms with Crippen LogP contribution in [0.15, 0.2) is 30.3 Å². The standard InChI is InChI=1S/C17H22N2O2/c1-18-15-8-9-16(19(2)10-5-11-21-3)17-13(12-20)6-4-7-14(15)17/h4,6-9,12,18H,5,10-11H2,1-3H3. The highest BCUT2D eigenvalue weighted by Crippen LogP contribution is 2.33. The van der Waals surface area contributed by atoms with E-state index in [4.69, 9.17) is 4.74 Å². The number of carbonyl (C=O) groups excluding carboxylic acids is 1. The lowest BCUT2D eigenvalue weighted by Crippen LogP contribution is -2.20. The number of ether oxygens (including phenoxy) is 1. The first-order valence-corrected chi connectivity index (χ1v) is 7.11. The van der Waals surface area contributed by atoms with Crippen molar-refractivity contribution in [2.45, 2.75) is 6.42 Å². The second-order valence-electron chi connectivity index (χ2n) is 5.04. The molecular weight excluding hydrogens is 264 g/mol. The van der Waals surface area contributed by atoms with Crippen molar-refractivity contribution in [3.8, 4) is 0 Å². The summed E-state index contributed by atoms with van der Waals surface area (Å²) >= 11 is 0. The van der Waals surface area contributed by atoms with E-state index in [0.717, 1.165) is 53.6 Å². The van der Waals surface area contributed by atoms with Crippen LogP contribution in [0.4, 0.5) is 11.4 Å². The van der Waals surface area contributed by atoms with Gasteiger partial charge in [-0.05, 0) is 18.6 Å². The van der Waals surface area contributed by atoms with Crippen LogP contribution in [0.25, 0.3) is 10.8 Å². The zero-order valence-electron chi connectivity index (χ0n) is 12.8. The van der Waals surface area contributed by atoms with Crippen molar-refractivity contribution in [2.24, 2.45) is 0 Å². The first-order valence-electron chi connectivity index (χ1n) is 7.11. The lowest BCUT2D eigenvalue weighted by molar-refractivity contribution is 0.112. The lowest BCUT2D eigenvalue weighted by Gasteiger charge is -2.23. The maximum Gasteiger partial charge on any atom is 0.150 e. The van der Waals surface area contributed by atoms with Crippen molar-refractivity contribution in [3.63, 3.8) is 0 Å². The number of nitrogens with one attached hydrogen (secondary N) is 1. The Balaban J connectivity index is 2.50. The second kappa shape index (κ2) is 7.09. The molecule has 0 fully saturated rings. The van der Waals surface area contributed by atoms with E-state index in [2.05, 4.69) is 22.3 Å². The largest absolute Gasteiger partial charge is 0.388 e. The summed E-state index contributed by atoms with van der Waals surface area (Å²) in [5.41, 5.74) is 2.82. The zero-order chi connectivity index (χ0) is 15.2. The maximum absolute atomic E-state index is 11.4. The number of aldehydes is 1. The first-order chi connectivity index (χ1) is 10.2. The molecule has 4 heteroatoms. The van der Waals surface area contributed by atoms with Gasteiger partial charge in [0.2, 0.25) is 0 Å². The minimum atomic E-state index is 0.721. The molecule has 0 spiro atoms. The molecule has 0 saturated heterocycles. The predicted octanol–water partition coefficient (Wildman–Crippen LogP) is 3.17. The Morgan fingerprint density at radius 3 is 2.76 bits per heavy atom. The quantitative estimate of drug-likeness (QED) is 0.627. The highest BCUT2D eigenvalue weighted by Gasteiger charge is 2.12. The van der Waals surface area contributed by atoms with E-state index in [-0.39, 0.29) is 0 Å². The lowest BCUT2D eigenvalue weighted by atomic mass is 10.0. The Kier molecular flexibility index (Phi) is 5.17. The van der Waals surface area contributed by atoms with Crippen LogP contribution >= 0.6 is 0 Å². The highest BCUT2D eigenvalue weighted by atomic mass is 16.5. The van der Waals surface area contributed by atoms with Crippen LogP contribution < -0.4 is 10.2 Å². The molecule has 0 amide bonds. The number of hydrogen-bond donors (Lipinski definition) is 1. The fraction of sp³-hybridized carbons (Fsp3) is 0.353. The van der Waals surface area contributed by atoms with E-state index in [0.29, 0.717) is 0 Å². The van der Waals surface area contributed by atoms with Gasteiger partial charge >= 0.3 is 0 Å². The van der Waals surface area contributed by atoms with Crippen molar-refractivity contribution < 1.29 is 9.53 Å². The Morgan fingerprint density at radius 1 is 1.29 bits per heavy atom. The van der Waals surface area contributed by atoms with Gasteiger partial charge in [0.05, 0.1) is 0 Å². The average molecular weight is 286 g/mol. The van der Waals surface area contributed by atoms with Crippen LogP contribution in [0.5, 0.6) is 0 Å². The fourth-order valence-electron chi connectivity index (χ4n) is 2.62. The van der Waals surface area contributed by atoms with Crippen molar-refractivity contribution in [3.05, 3.63) is 35.9 Å². The maximum atomic E-state index is 11.4. The molecule has 21 heavy (non-hydrogen) atoms. The van der Waals surface area contributed by atoms with Gasteiger partial charge in [0.1, 0.15) is 0 Å². The number of nitrogens with zero attached hydrogens (tertiary/aromatic N) is 1. The average Bonchev–Trinajstić information content (AvgIpc) is 2.53. The van der Waals surface area contributed by atoms with Crippen LogP contribution in [0.3, 0.4) is 0 Å². The summed E-state index contributed by atoms with van der Waals surface area (Å²) in [4.78, 5) is 13.6. The van der Waals surface area contributed by atoms with Gasteiger partial charge in [-0.1, -0.05) is 18.2 Å². The van der Waals surface area contributed by atoms with Crippen molar-refractivity contribution in [1.29, 1.82) is 0 Å². The van der Waals surface area contributed by atoms with E-state index in [1.54, 1.807) is 7.11 Å². The summed E-state index contributed by atoms with van der Waals surface area (Å²) < 4.78 is 5.10. The molecule has 2 aromatic carbocycles. The number of rotatable bonds is 7. The summed E-state index contributed by atoms with van der Waals surface area (Å²) in [6.45, 7) is 1.62. The number of hydrogen-bond acceptors (Lipinski definition) is 4. The SMILES string of the molecule is CNc1ccc(N(C)CCCOC)c2c(C=O)cccc12. The minimum absolute atomic E-state index is 0.721. The first kappa shape index (κ1) is 15.3.